The number of hydrogen-bond donors (Lipinski definition) is 0. The number of hydrogen-bond acceptors (Lipinski definition) is 5. The van der Waals surface area contributed by atoms with Gasteiger partial charge in [-0.25, -0.2) is 0 Å². The van der Waals surface area contributed by atoms with Crippen molar-refractivity contribution in [2.24, 2.45) is 5.92 Å². The van der Waals surface area contributed by atoms with Crippen molar-refractivity contribution in [2.75, 3.05) is 33.4 Å². The highest BCUT2D eigenvalue weighted by Gasteiger charge is 2.11. The van der Waals surface area contributed by atoms with E-state index in [2.05, 4.69) is 32.7 Å². The molecule has 0 rings (SSSR count). The molecule has 46 heavy (non-hydrogen) atoms. The fourth-order valence-corrected chi connectivity index (χ4v) is 6.42. The molecule has 0 aliphatic carbocycles. The van der Waals surface area contributed by atoms with Gasteiger partial charge in [-0.1, -0.05) is 149 Å². The van der Waals surface area contributed by atoms with Crippen LogP contribution in [-0.2, 0) is 19.1 Å². The van der Waals surface area contributed by atoms with Crippen LogP contribution in [0.2, 0.25) is 0 Å². The zero-order valence-corrected chi connectivity index (χ0v) is 31.6. The Bertz CT molecular complexity index is 618. The highest BCUT2D eigenvalue weighted by atomic mass is 16.5. The number of unbranched alkanes of at least 4 members (excludes halogenated alkanes) is 18. The normalized spacial score (nSPS) is 12.3. The summed E-state index contributed by atoms with van der Waals surface area (Å²) in [6, 6.07) is 0. The van der Waals surface area contributed by atoms with E-state index in [4.69, 9.17) is 9.47 Å². The molecule has 0 heterocycles. The van der Waals surface area contributed by atoms with Gasteiger partial charge in [0.15, 0.2) is 0 Å². The molecule has 0 fully saturated rings. The Morgan fingerprint density at radius 3 is 1.65 bits per heavy atom. The molecule has 0 saturated heterocycles. The van der Waals surface area contributed by atoms with E-state index < -0.39 is 0 Å². The Morgan fingerprint density at radius 2 is 1.11 bits per heavy atom. The first kappa shape index (κ1) is 45.1. The van der Waals surface area contributed by atoms with Gasteiger partial charge < -0.3 is 19.2 Å². The lowest BCUT2D eigenvalue weighted by Crippen LogP contribution is -2.20. The lowest BCUT2D eigenvalue weighted by Gasteiger charge is -2.19. The first-order chi connectivity index (χ1) is 22.6. The number of ether oxygens (including phenoxy) is 2. The molecule has 1 unspecified atom stereocenters. The maximum Gasteiger partial charge on any atom is 0.305 e. The minimum absolute atomic E-state index is 0.0129. The second-order valence-electron chi connectivity index (χ2n) is 14.2. The minimum atomic E-state index is 0.0129. The second kappa shape index (κ2) is 36.9. The topological polar surface area (TPSA) is 55.8 Å². The third-order valence-corrected chi connectivity index (χ3v) is 9.80. The van der Waals surface area contributed by atoms with E-state index in [1.165, 1.54) is 141 Å². The maximum absolute atomic E-state index is 12.3. The largest absolute Gasteiger partial charge is 0.466 e. The lowest BCUT2D eigenvalue weighted by atomic mass is 9.92. The first-order valence-electron chi connectivity index (χ1n) is 20.5. The van der Waals surface area contributed by atoms with E-state index in [0.717, 1.165) is 70.4 Å². The van der Waals surface area contributed by atoms with Crippen molar-refractivity contribution in [1.29, 1.82) is 0 Å². The zero-order valence-electron chi connectivity index (χ0n) is 31.6. The highest BCUT2D eigenvalue weighted by molar-refractivity contribution is 5.69. The molecule has 0 amide bonds. The number of esters is 1. The van der Waals surface area contributed by atoms with Crippen LogP contribution in [-0.4, -0.2) is 56.6 Å². The summed E-state index contributed by atoms with van der Waals surface area (Å²) in [4.78, 5) is 25.1. The van der Waals surface area contributed by atoms with E-state index in [-0.39, 0.29) is 5.97 Å². The van der Waals surface area contributed by atoms with Crippen molar-refractivity contribution < 1.29 is 19.1 Å². The van der Waals surface area contributed by atoms with Gasteiger partial charge in [-0.2, -0.15) is 0 Å². The number of rotatable bonds is 38. The smallest absolute Gasteiger partial charge is 0.305 e. The van der Waals surface area contributed by atoms with E-state index >= 15 is 0 Å². The Kier molecular flexibility index (Phi) is 36.1. The Hall–Kier alpha value is -0.940. The average molecular weight is 652 g/mol. The Morgan fingerprint density at radius 1 is 0.587 bits per heavy atom. The summed E-state index contributed by atoms with van der Waals surface area (Å²) >= 11 is 0. The van der Waals surface area contributed by atoms with Gasteiger partial charge in [-0.15, -0.1) is 0 Å². The van der Waals surface area contributed by atoms with Gasteiger partial charge in [-0.3, -0.25) is 4.79 Å². The molecule has 0 aromatic rings. The molecule has 0 N–H and O–H groups in total. The van der Waals surface area contributed by atoms with Crippen LogP contribution < -0.4 is 0 Å². The predicted octanol–water partition coefficient (Wildman–Crippen LogP) is 12.0. The molecule has 0 aromatic carbocycles. The van der Waals surface area contributed by atoms with Crippen LogP contribution in [0.3, 0.4) is 0 Å². The third kappa shape index (κ3) is 33.0. The first-order valence-corrected chi connectivity index (χ1v) is 20.5. The molecule has 0 aromatic heterocycles. The summed E-state index contributed by atoms with van der Waals surface area (Å²) in [6.45, 7) is 10.6. The van der Waals surface area contributed by atoms with Gasteiger partial charge in [0, 0.05) is 19.4 Å². The summed E-state index contributed by atoms with van der Waals surface area (Å²) < 4.78 is 12.0. The van der Waals surface area contributed by atoms with Crippen molar-refractivity contribution in [3.05, 3.63) is 0 Å². The predicted molar refractivity (Wildman–Crippen MR) is 199 cm³/mol. The van der Waals surface area contributed by atoms with E-state index in [1.54, 1.807) is 0 Å². The van der Waals surface area contributed by atoms with Crippen LogP contribution in [0, 0.1) is 5.92 Å². The minimum Gasteiger partial charge on any atom is -0.466 e. The van der Waals surface area contributed by atoms with Gasteiger partial charge >= 0.3 is 5.97 Å². The van der Waals surface area contributed by atoms with Crippen LogP contribution in [0.15, 0.2) is 0 Å². The molecule has 274 valence electrons. The van der Waals surface area contributed by atoms with Crippen LogP contribution in [0.25, 0.3) is 0 Å². The van der Waals surface area contributed by atoms with Crippen molar-refractivity contribution in [2.45, 2.75) is 213 Å². The maximum atomic E-state index is 12.3. The standard InChI is InChI=1S/C41H81NO4/c1-5-8-21-29-39(30-22-9-6-2)34-38-46-41(44)33-25-19-15-12-14-18-24-32-40(45-37-28-26-35-42(4)7-3)31-23-17-13-10-11-16-20-27-36-43/h36,39-40H,5-35,37-38H2,1-4H3. The van der Waals surface area contributed by atoms with Gasteiger partial charge in [0.25, 0.3) is 0 Å². The zero-order chi connectivity index (χ0) is 33.8. The average Bonchev–Trinajstić information content (AvgIpc) is 3.06. The Labute approximate surface area is 288 Å². The molecule has 5 heteroatoms. The summed E-state index contributed by atoms with van der Waals surface area (Å²) in [7, 11) is 2.20. The van der Waals surface area contributed by atoms with Crippen molar-refractivity contribution in [1.82, 2.24) is 4.90 Å². The summed E-state index contributed by atoms with van der Waals surface area (Å²) in [5, 5.41) is 0. The van der Waals surface area contributed by atoms with E-state index in [0.29, 0.717) is 19.1 Å². The molecule has 5 nitrogen and oxygen atoms in total. The van der Waals surface area contributed by atoms with Gasteiger partial charge in [0.2, 0.25) is 0 Å². The fraction of sp³-hybridized carbons (Fsp3) is 0.951. The molecule has 0 aliphatic heterocycles. The molecule has 1 atom stereocenters. The monoisotopic (exact) mass is 652 g/mol. The molecule has 0 bridgehead atoms. The van der Waals surface area contributed by atoms with Gasteiger partial charge in [0.05, 0.1) is 12.7 Å². The van der Waals surface area contributed by atoms with E-state index in [9.17, 15) is 9.59 Å². The lowest BCUT2D eigenvalue weighted by molar-refractivity contribution is -0.144. The SMILES string of the molecule is CCCCCC(CCCCC)CCOC(=O)CCCCCCCCCC(CCCCCCCCCC=O)OCCCCN(C)CC. The summed E-state index contributed by atoms with van der Waals surface area (Å²) in [5.74, 6) is 0.741. The molecule has 0 saturated carbocycles. The molecule has 0 aliphatic rings. The summed E-state index contributed by atoms with van der Waals surface area (Å²) in [5.41, 5.74) is 0. The highest BCUT2D eigenvalue weighted by Crippen LogP contribution is 2.22. The van der Waals surface area contributed by atoms with Crippen molar-refractivity contribution >= 4 is 12.3 Å². The molecular weight excluding hydrogens is 570 g/mol. The summed E-state index contributed by atoms with van der Waals surface area (Å²) in [6.07, 6.45) is 36.2. The van der Waals surface area contributed by atoms with Gasteiger partial charge in [0.1, 0.15) is 6.29 Å². The van der Waals surface area contributed by atoms with E-state index in [1.807, 2.05) is 0 Å². The quantitative estimate of drug-likeness (QED) is 0.0378. The molecule has 0 spiro atoms. The fourth-order valence-electron chi connectivity index (χ4n) is 6.42. The number of aldehydes is 1. The number of carbonyl (C=O) groups is 2. The molecule has 0 radical (unpaired) electrons. The van der Waals surface area contributed by atoms with Crippen molar-refractivity contribution in [3.8, 4) is 0 Å². The van der Waals surface area contributed by atoms with Crippen LogP contribution in [0.5, 0.6) is 0 Å². The van der Waals surface area contributed by atoms with Crippen molar-refractivity contribution in [3.63, 3.8) is 0 Å². The Balaban J connectivity index is 4.01. The molecular formula is C41H81NO4. The third-order valence-electron chi connectivity index (χ3n) is 9.80. The van der Waals surface area contributed by atoms with Crippen LogP contribution >= 0.6 is 0 Å². The number of nitrogens with zero attached hydrogens (tertiary/aromatic N) is 1. The van der Waals surface area contributed by atoms with Crippen LogP contribution in [0.1, 0.15) is 207 Å². The second-order valence-corrected chi connectivity index (χ2v) is 14.2. The van der Waals surface area contributed by atoms with Gasteiger partial charge in [-0.05, 0) is 71.0 Å². The van der Waals surface area contributed by atoms with Crippen LogP contribution in [0.4, 0.5) is 0 Å². The number of carbonyl (C=O) groups excluding carboxylic acids is 2.